The van der Waals surface area contributed by atoms with Gasteiger partial charge in [-0.05, 0) is 21.6 Å². The first-order valence-corrected chi connectivity index (χ1v) is 21.9. The highest BCUT2D eigenvalue weighted by Gasteiger charge is 2.55. The summed E-state index contributed by atoms with van der Waals surface area (Å²) in [5.74, 6) is -1.55. The third-order valence-corrected chi connectivity index (χ3v) is 13.4. The van der Waals surface area contributed by atoms with Gasteiger partial charge in [-0.25, -0.2) is 0 Å². The predicted octanol–water partition coefficient (Wildman–Crippen LogP) is -12.4. The van der Waals surface area contributed by atoms with Gasteiger partial charge in [-0.1, -0.05) is 0 Å². The van der Waals surface area contributed by atoms with Crippen molar-refractivity contribution in [1.82, 2.24) is 21.3 Å². The van der Waals surface area contributed by atoms with Crippen molar-refractivity contribution in [2.75, 3.05) is 26.3 Å². The van der Waals surface area contributed by atoms with E-state index >= 15 is 0 Å². The minimum absolute atomic E-state index is 0.255. The number of amides is 2. The Bertz CT molecular complexity index is 1420. The van der Waals surface area contributed by atoms with Crippen LogP contribution in [0.5, 0.6) is 0 Å². The topological polar surface area (TPSA) is 477 Å². The molecule has 2 amide bonds. The average molecular weight is 971 g/mol. The van der Waals surface area contributed by atoms with Crippen LogP contribution in [-0.4, -0.2) is 277 Å². The Labute approximate surface area is 370 Å². The molecule has 4 fully saturated rings. The molecule has 370 valence electrons. The minimum atomic E-state index is -2.04. The lowest BCUT2D eigenvalue weighted by molar-refractivity contribution is -0.320. The van der Waals surface area contributed by atoms with E-state index in [1.807, 2.05) is 0 Å². The normalized spacial score (nSPS) is 43.8. The molecule has 0 spiro atoms. The van der Waals surface area contributed by atoms with Crippen LogP contribution in [0.25, 0.3) is 0 Å². The first-order chi connectivity index (χ1) is 30.0. The van der Waals surface area contributed by atoms with Crippen LogP contribution in [0.2, 0.25) is 0 Å². The lowest BCUT2D eigenvalue weighted by Crippen LogP contribution is -2.69. The molecular formula is C34H58N4O24S2. The summed E-state index contributed by atoms with van der Waals surface area (Å²) in [6.45, 7) is -0.952. The minimum Gasteiger partial charge on any atom is -0.394 e. The Kier molecular flexibility index (Phi) is 20.4. The molecule has 4 aliphatic rings. The summed E-state index contributed by atoms with van der Waals surface area (Å²) < 4.78 is 22.3. The van der Waals surface area contributed by atoms with E-state index in [0.29, 0.717) is 0 Å². The van der Waals surface area contributed by atoms with Gasteiger partial charge in [0.2, 0.25) is 22.0 Å². The quantitative estimate of drug-likeness (QED) is 0.0639. The van der Waals surface area contributed by atoms with Gasteiger partial charge >= 0.3 is 0 Å². The van der Waals surface area contributed by atoms with Crippen LogP contribution in [0, 0.1) is 0 Å². The van der Waals surface area contributed by atoms with E-state index in [0.717, 1.165) is 13.8 Å². The molecule has 30 heteroatoms. The summed E-state index contributed by atoms with van der Waals surface area (Å²) in [6.07, 6.45) is -38.2. The van der Waals surface area contributed by atoms with Crippen LogP contribution in [0.4, 0.5) is 0 Å². The van der Waals surface area contributed by atoms with Gasteiger partial charge in [0.25, 0.3) is 0 Å². The monoisotopic (exact) mass is 970 g/mol. The molecular weight excluding hydrogens is 913 g/mol. The third kappa shape index (κ3) is 12.6. The highest BCUT2D eigenvalue weighted by Crippen LogP contribution is 2.32. The van der Waals surface area contributed by atoms with Gasteiger partial charge in [0.1, 0.15) is 122 Å². The van der Waals surface area contributed by atoms with Crippen molar-refractivity contribution < 1.29 is 120 Å². The van der Waals surface area contributed by atoms with E-state index in [9.17, 15) is 101 Å². The predicted molar refractivity (Wildman–Crippen MR) is 209 cm³/mol. The van der Waals surface area contributed by atoms with Crippen molar-refractivity contribution in [3.8, 4) is 0 Å². The fourth-order valence-corrected chi connectivity index (χ4v) is 9.31. The van der Waals surface area contributed by atoms with E-state index in [1.54, 1.807) is 0 Å². The van der Waals surface area contributed by atoms with Gasteiger partial charge in [0.05, 0.1) is 25.3 Å². The largest absolute Gasteiger partial charge is 0.394 e. The molecule has 2 aliphatic heterocycles. The third-order valence-electron chi connectivity index (χ3n) is 11.1. The van der Waals surface area contributed by atoms with E-state index in [2.05, 4.69) is 21.3 Å². The Balaban J connectivity index is 1.46. The first-order valence-electron chi connectivity index (χ1n) is 19.8. The zero-order valence-corrected chi connectivity index (χ0v) is 35.6. The molecule has 0 aromatic heterocycles. The lowest BCUT2D eigenvalue weighted by Gasteiger charge is -2.47. The van der Waals surface area contributed by atoms with Crippen LogP contribution >= 0.6 is 21.6 Å². The Morgan fingerprint density at radius 1 is 0.469 bits per heavy atom. The molecule has 0 bridgehead atoms. The number of hydrogen-bond acceptors (Lipinski definition) is 28. The SMILES string of the molecule is CC(=O)N[C@H](CN[C@H]1[C@@H](OC2[C@H](O)[C@H](O)C(O)[C@H](O)[C@H]2O)O[C@H](CO)[C@@H](O)[C@@H]1O)C(=O)SSC(=O)[C@@H](CN[C@H]1[C@@H](OC2[C@H](O)[C@H](O)C(O)[C@H](O)[C@H]2O)O[C@H](CO)[C@@H](O)[C@@H]1O)NC(C)=O. The number of nitrogens with one attached hydrogen (secondary N) is 4. The van der Waals surface area contributed by atoms with Crippen molar-refractivity contribution in [1.29, 1.82) is 0 Å². The van der Waals surface area contributed by atoms with Gasteiger partial charge in [0, 0.05) is 26.9 Å². The maximum absolute atomic E-state index is 13.5. The van der Waals surface area contributed by atoms with Gasteiger partial charge in [-0.2, -0.15) is 0 Å². The van der Waals surface area contributed by atoms with E-state index in [1.165, 1.54) is 0 Å². The molecule has 0 radical (unpaired) electrons. The van der Waals surface area contributed by atoms with Crippen LogP contribution < -0.4 is 21.3 Å². The summed E-state index contributed by atoms with van der Waals surface area (Å²) in [4.78, 5) is 51.3. The molecule has 4 unspecified atom stereocenters. The number of aliphatic hydroxyl groups is 16. The van der Waals surface area contributed by atoms with Crippen molar-refractivity contribution in [3.63, 3.8) is 0 Å². The van der Waals surface area contributed by atoms with Gasteiger partial charge in [-0.15, -0.1) is 0 Å². The molecule has 2 heterocycles. The zero-order chi connectivity index (χ0) is 48.1. The number of carbonyl (C=O) groups excluding carboxylic acids is 4. The number of ether oxygens (including phenoxy) is 4. The molecule has 0 aromatic rings. The van der Waals surface area contributed by atoms with E-state index < -0.39 is 195 Å². The Morgan fingerprint density at radius 2 is 0.750 bits per heavy atom. The molecule has 4 rings (SSSR count). The maximum atomic E-state index is 13.5. The highest BCUT2D eigenvalue weighted by atomic mass is 33.1. The fourth-order valence-electron chi connectivity index (χ4n) is 7.44. The molecule has 0 aromatic carbocycles. The molecule has 2 saturated heterocycles. The second kappa shape index (κ2) is 23.9. The molecule has 2 aliphatic carbocycles. The summed E-state index contributed by atoms with van der Waals surface area (Å²) in [6, 6.07) is -6.33. The Hall–Kier alpha value is -1.90. The molecule has 2 saturated carbocycles. The standard InChI is InChI=1S/C34H58N4O24S2/c1-7(41)37-9(3-35-13-17(45)15(43)11(5-39)59-33(13)61-29-25(53)21(49)19(47)22(50)26(29)54)31(57)63-64-32(58)10(38-8(2)42)4-36-14-18(46)16(44)12(6-40)60-34(14)62-30-27(55)23(51)20(48)24(52)28(30)56/h9-30,33-36,39-40,43-56H,3-6H2,1-2H3,(H,37,41)(H,38,42)/t9-,10-,11-,12-,13-,14-,15-,16-,17-,18-,19?,20?,21-,22+,23-,24+,25-,26-,27-,28-,29?,30?,33-,34-/m1/s1. The first kappa shape index (κ1) is 54.7. The van der Waals surface area contributed by atoms with Crippen molar-refractivity contribution in [2.45, 2.75) is 160 Å². The van der Waals surface area contributed by atoms with E-state index in [4.69, 9.17) is 18.9 Å². The summed E-state index contributed by atoms with van der Waals surface area (Å²) in [5, 5.41) is 173. The smallest absolute Gasteiger partial charge is 0.223 e. The molecule has 24 atom stereocenters. The summed E-state index contributed by atoms with van der Waals surface area (Å²) in [7, 11) is 0.509. The average Bonchev–Trinajstić information content (AvgIpc) is 3.25. The number of aliphatic hydroxyl groups excluding tert-OH is 16. The summed E-state index contributed by atoms with van der Waals surface area (Å²) in [5.41, 5.74) is 0. The molecule has 28 nitrogen and oxygen atoms in total. The number of carbonyl (C=O) groups is 4. The zero-order valence-electron chi connectivity index (χ0n) is 33.9. The van der Waals surface area contributed by atoms with Gasteiger partial charge < -0.3 is 122 Å². The molecule has 64 heavy (non-hydrogen) atoms. The van der Waals surface area contributed by atoms with Crippen LogP contribution in [0.3, 0.4) is 0 Å². The van der Waals surface area contributed by atoms with Gasteiger partial charge in [-0.3, -0.25) is 19.2 Å². The van der Waals surface area contributed by atoms with Crippen molar-refractivity contribution >= 4 is 43.6 Å². The summed E-state index contributed by atoms with van der Waals surface area (Å²) >= 11 is 0. The second-order valence-electron chi connectivity index (χ2n) is 15.7. The second-order valence-corrected chi connectivity index (χ2v) is 17.8. The van der Waals surface area contributed by atoms with Crippen LogP contribution in [0.15, 0.2) is 0 Å². The van der Waals surface area contributed by atoms with E-state index in [-0.39, 0.29) is 21.6 Å². The van der Waals surface area contributed by atoms with Crippen LogP contribution in [0.1, 0.15) is 13.8 Å². The molecule has 20 N–H and O–H groups in total. The lowest BCUT2D eigenvalue weighted by atomic mass is 9.84. The Morgan fingerprint density at radius 3 is 1.02 bits per heavy atom. The van der Waals surface area contributed by atoms with Crippen molar-refractivity contribution in [2.24, 2.45) is 0 Å². The number of rotatable bonds is 16. The highest BCUT2D eigenvalue weighted by molar-refractivity contribution is 8.87. The fraction of sp³-hybridized carbons (Fsp3) is 0.882. The number of hydrogen-bond donors (Lipinski definition) is 20. The van der Waals surface area contributed by atoms with Crippen molar-refractivity contribution in [3.05, 3.63) is 0 Å². The van der Waals surface area contributed by atoms with Crippen LogP contribution in [-0.2, 0) is 38.1 Å². The maximum Gasteiger partial charge on any atom is 0.223 e. The van der Waals surface area contributed by atoms with Gasteiger partial charge in [0.15, 0.2) is 12.6 Å².